The third kappa shape index (κ3) is 3.73. The van der Waals surface area contributed by atoms with Gasteiger partial charge >= 0.3 is 0 Å². The molecule has 1 aromatic carbocycles. The lowest BCUT2D eigenvalue weighted by Gasteiger charge is -2.25. The highest BCUT2D eigenvalue weighted by molar-refractivity contribution is 9.10. The molecule has 116 valence electrons. The Morgan fingerprint density at radius 3 is 2.43 bits per heavy atom. The van der Waals surface area contributed by atoms with Gasteiger partial charge in [0.15, 0.2) is 0 Å². The molecule has 0 heterocycles. The molecule has 1 saturated carbocycles. The number of nitrogens with zero attached hydrogens (tertiary/aromatic N) is 1. The average Bonchev–Trinajstić information content (AvgIpc) is 2.89. The first kappa shape index (κ1) is 17.1. The Labute approximate surface area is 142 Å². The zero-order chi connectivity index (χ0) is 15.8. The maximum Gasteiger partial charge on any atom is 0.262 e. The predicted molar refractivity (Wildman–Crippen MR) is 86.5 cm³/mol. The van der Waals surface area contributed by atoms with Crippen molar-refractivity contribution in [3.63, 3.8) is 0 Å². The highest BCUT2D eigenvalue weighted by Crippen LogP contribution is 2.32. The molecule has 0 aliphatic heterocycles. The first-order valence-corrected chi connectivity index (χ1v) is 9.90. The number of rotatable bonds is 3. The molecule has 4 nitrogen and oxygen atoms in total. The minimum Gasteiger partial charge on any atom is -0.339 e. The van der Waals surface area contributed by atoms with Crippen LogP contribution in [0.2, 0.25) is 5.02 Å². The van der Waals surface area contributed by atoms with Crippen LogP contribution in [0.3, 0.4) is 0 Å². The quantitative estimate of drug-likeness (QED) is 0.701. The van der Waals surface area contributed by atoms with Crippen LogP contribution in [0.4, 0.5) is 0 Å². The van der Waals surface area contributed by atoms with Crippen LogP contribution in [0, 0.1) is 0 Å². The van der Waals surface area contributed by atoms with Gasteiger partial charge in [0.25, 0.3) is 15.0 Å². The van der Waals surface area contributed by atoms with Gasteiger partial charge in [-0.2, -0.15) is 0 Å². The third-order valence-electron chi connectivity index (χ3n) is 3.71. The van der Waals surface area contributed by atoms with Crippen molar-refractivity contribution in [2.75, 3.05) is 7.05 Å². The maximum absolute atomic E-state index is 12.5. The van der Waals surface area contributed by atoms with Crippen LogP contribution < -0.4 is 0 Å². The van der Waals surface area contributed by atoms with Gasteiger partial charge in [0.2, 0.25) is 0 Å². The van der Waals surface area contributed by atoms with Crippen molar-refractivity contribution in [2.24, 2.45) is 0 Å². The Kier molecular flexibility index (Phi) is 5.23. The van der Waals surface area contributed by atoms with E-state index in [0.717, 1.165) is 25.7 Å². The zero-order valence-electron chi connectivity index (χ0n) is 11.3. The number of amides is 1. The van der Waals surface area contributed by atoms with Gasteiger partial charge in [-0.3, -0.25) is 4.79 Å². The fourth-order valence-corrected chi connectivity index (χ4v) is 5.10. The molecule has 0 radical (unpaired) electrons. The van der Waals surface area contributed by atoms with Crippen molar-refractivity contribution >= 4 is 53.2 Å². The van der Waals surface area contributed by atoms with Crippen LogP contribution in [0.15, 0.2) is 21.5 Å². The van der Waals surface area contributed by atoms with Crippen LogP contribution >= 0.6 is 38.2 Å². The SMILES string of the molecule is CN(C(=O)c1cc(S(=O)(=O)Cl)c(Br)cc1Cl)C1CCCC1. The zero-order valence-corrected chi connectivity index (χ0v) is 15.2. The van der Waals surface area contributed by atoms with Crippen molar-refractivity contribution in [3.8, 4) is 0 Å². The van der Waals surface area contributed by atoms with Gasteiger partial charge in [-0.05, 0) is 40.9 Å². The van der Waals surface area contributed by atoms with E-state index in [2.05, 4.69) is 15.9 Å². The molecule has 0 aromatic heterocycles. The monoisotopic (exact) mass is 413 g/mol. The highest BCUT2D eigenvalue weighted by Gasteiger charge is 2.27. The van der Waals surface area contributed by atoms with Gasteiger partial charge in [0.1, 0.15) is 0 Å². The molecular formula is C13H14BrCl2NO3S. The fraction of sp³-hybridized carbons (Fsp3) is 0.462. The molecule has 1 aliphatic rings. The molecule has 0 spiro atoms. The Morgan fingerprint density at radius 1 is 1.33 bits per heavy atom. The van der Waals surface area contributed by atoms with E-state index in [-0.39, 0.29) is 31.9 Å². The molecule has 2 rings (SSSR count). The van der Waals surface area contributed by atoms with E-state index in [9.17, 15) is 13.2 Å². The first-order valence-electron chi connectivity index (χ1n) is 6.42. The van der Waals surface area contributed by atoms with Gasteiger partial charge < -0.3 is 4.90 Å². The Bertz CT molecular complexity index is 672. The topological polar surface area (TPSA) is 54.5 Å². The maximum atomic E-state index is 12.5. The highest BCUT2D eigenvalue weighted by atomic mass is 79.9. The molecule has 0 atom stereocenters. The minimum atomic E-state index is -3.96. The summed E-state index contributed by atoms with van der Waals surface area (Å²) in [5.41, 5.74) is 0.147. The Balaban J connectivity index is 2.41. The molecule has 0 N–H and O–H groups in total. The van der Waals surface area contributed by atoms with Crippen LogP contribution in [0.5, 0.6) is 0 Å². The largest absolute Gasteiger partial charge is 0.339 e. The first-order chi connectivity index (χ1) is 9.71. The summed E-state index contributed by atoms with van der Waals surface area (Å²) in [6.07, 6.45) is 4.10. The number of hydrogen-bond donors (Lipinski definition) is 0. The van der Waals surface area contributed by atoms with Crippen molar-refractivity contribution < 1.29 is 13.2 Å². The van der Waals surface area contributed by atoms with E-state index in [4.69, 9.17) is 22.3 Å². The van der Waals surface area contributed by atoms with Gasteiger partial charge in [0.05, 0.1) is 15.5 Å². The van der Waals surface area contributed by atoms with E-state index in [1.165, 1.54) is 12.1 Å². The lowest BCUT2D eigenvalue weighted by molar-refractivity contribution is 0.0735. The molecule has 1 amide bonds. The molecule has 1 fully saturated rings. The summed E-state index contributed by atoms with van der Waals surface area (Å²) >= 11 is 9.18. The van der Waals surface area contributed by atoms with Crippen LogP contribution in [0.1, 0.15) is 36.0 Å². The van der Waals surface area contributed by atoms with Crippen molar-refractivity contribution in [2.45, 2.75) is 36.6 Å². The van der Waals surface area contributed by atoms with E-state index in [0.29, 0.717) is 0 Å². The van der Waals surface area contributed by atoms with Gasteiger partial charge in [-0.25, -0.2) is 8.42 Å². The molecule has 1 aromatic rings. The summed E-state index contributed by atoms with van der Waals surface area (Å²) in [6, 6.07) is 2.78. The van der Waals surface area contributed by atoms with Gasteiger partial charge in [-0.15, -0.1) is 0 Å². The van der Waals surface area contributed by atoms with E-state index in [1.54, 1.807) is 11.9 Å². The molecule has 8 heteroatoms. The summed E-state index contributed by atoms with van der Waals surface area (Å²) in [5, 5.41) is 0.195. The summed E-state index contributed by atoms with van der Waals surface area (Å²) < 4.78 is 23.3. The molecular weight excluding hydrogens is 401 g/mol. The summed E-state index contributed by atoms with van der Waals surface area (Å²) in [5.74, 6) is -0.291. The van der Waals surface area contributed by atoms with Crippen molar-refractivity contribution in [3.05, 3.63) is 27.2 Å². The summed E-state index contributed by atoms with van der Waals surface area (Å²) in [4.78, 5) is 14.0. The lowest BCUT2D eigenvalue weighted by Crippen LogP contribution is -2.35. The van der Waals surface area contributed by atoms with Crippen molar-refractivity contribution in [1.82, 2.24) is 4.90 Å². The second kappa shape index (κ2) is 6.44. The number of benzene rings is 1. The van der Waals surface area contributed by atoms with Crippen LogP contribution in [-0.2, 0) is 9.05 Å². The smallest absolute Gasteiger partial charge is 0.262 e. The minimum absolute atomic E-state index is 0.147. The Morgan fingerprint density at radius 2 is 1.90 bits per heavy atom. The fourth-order valence-electron chi connectivity index (χ4n) is 2.53. The third-order valence-corrected chi connectivity index (χ3v) is 6.30. The lowest BCUT2D eigenvalue weighted by atomic mass is 10.1. The molecule has 1 aliphatic carbocycles. The second-order valence-electron chi connectivity index (χ2n) is 5.05. The van der Waals surface area contributed by atoms with E-state index < -0.39 is 9.05 Å². The van der Waals surface area contributed by atoms with Crippen LogP contribution in [-0.4, -0.2) is 32.3 Å². The van der Waals surface area contributed by atoms with E-state index >= 15 is 0 Å². The number of halogens is 3. The van der Waals surface area contributed by atoms with Gasteiger partial charge in [-0.1, -0.05) is 24.4 Å². The van der Waals surface area contributed by atoms with E-state index in [1.807, 2.05) is 0 Å². The number of hydrogen-bond acceptors (Lipinski definition) is 3. The molecule has 21 heavy (non-hydrogen) atoms. The Hall–Kier alpha value is -0.300. The van der Waals surface area contributed by atoms with Gasteiger partial charge in [0, 0.05) is 28.2 Å². The normalized spacial score (nSPS) is 16.2. The number of carbonyl (C=O) groups is 1. The predicted octanol–water partition coefficient (Wildman–Crippen LogP) is 4.04. The second-order valence-corrected chi connectivity index (χ2v) is 8.85. The van der Waals surface area contributed by atoms with Crippen molar-refractivity contribution in [1.29, 1.82) is 0 Å². The average molecular weight is 415 g/mol. The van der Waals surface area contributed by atoms with Crippen LogP contribution in [0.25, 0.3) is 0 Å². The summed E-state index contributed by atoms with van der Waals surface area (Å²) in [6.45, 7) is 0. The standard InChI is InChI=1S/C13H14BrCl2NO3S/c1-17(8-4-2-3-5-8)13(18)9-6-12(21(16,19)20)10(14)7-11(9)15/h6-8H,2-5H2,1H3. The molecule has 0 unspecified atom stereocenters. The summed E-state index contributed by atoms with van der Waals surface area (Å²) in [7, 11) is 3.13. The molecule has 0 bridgehead atoms. The molecule has 0 saturated heterocycles. The number of carbonyl (C=O) groups excluding carboxylic acids is 1.